The van der Waals surface area contributed by atoms with Crippen LogP contribution in [0.1, 0.15) is 86.6 Å². The highest BCUT2D eigenvalue weighted by Crippen LogP contribution is 2.29. The van der Waals surface area contributed by atoms with Crippen molar-refractivity contribution in [3.63, 3.8) is 0 Å². The summed E-state index contributed by atoms with van der Waals surface area (Å²) in [5.74, 6) is 0.539. The lowest BCUT2D eigenvalue weighted by molar-refractivity contribution is -0.128. The second-order valence-corrected chi connectivity index (χ2v) is 10.8. The summed E-state index contributed by atoms with van der Waals surface area (Å²) in [5.41, 5.74) is 2.52. The first-order valence-electron chi connectivity index (χ1n) is 15.1. The van der Waals surface area contributed by atoms with Crippen LogP contribution in [0.15, 0.2) is 24.3 Å². The largest absolute Gasteiger partial charge is 0.494 e. The van der Waals surface area contributed by atoms with Gasteiger partial charge in [0.15, 0.2) is 0 Å². The smallest absolute Gasteiger partial charge is 0.251 e. The summed E-state index contributed by atoms with van der Waals surface area (Å²) in [6, 6.07) is 7.98. The number of aromatic nitrogens is 3. The van der Waals surface area contributed by atoms with Crippen molar-refractivity contribution in [2.75, 3.05) is 40.4 Å². The molecule has 1 aromatic heterocycles. The highest BCUT2D eigenvalue weighted by Gasteiger charge is 2.25. The predicted octanol–water partition coefficient (Wildman–Crippen LogP) is 2.76. The molecule has 1 heterocycles. The molecule has 3 atom stereocenters. The highest BCUT2D eigenvalue weighted by atomic mass is 16.5. The Morgan fingerprint density at radius 1 is 1.00 bits per heavy atom. The van der Waals surface area contributed by atoms with E-state index in [0.29, 0.717) is 43.9 Å². The van der Waals surface area contributed by atoms with E-state index in [9.17, 15) is 9.59 Å². The summed E-state index contributed by atoms with van der Waals surface area (Å²) in [7, 11) is 3.85. The lowest BCUT2D eigenvalue weighted by Gasteiger charge is -2.20. The lowest BCUT2D eigenvalue weighted by atomic mass is 9.99. The van der Waals surface area contributed by atoms with E-state index in [4.69, 9.17) is 9.47 Å². The number of nitrogens with zero attached hydrogens (tertiary/aromatic N) is 3. The minimum Gasteiger partial charge on any atom is -0.494 e. The van der Waals surface area contributed by atoms with E-state index >= 15 is 0 Å². The highest BCUT2D eigenvalue weighted by molar-refractivity contribution is 5.94. The second kappa shape index (κ2) is 17.7. The molecule has 41 heavy (non-hydrogen) atoms. The molecule has 0 saturated carbocycles. The summed E-state index contributed by atoms with van der Waals surface area (Å²) >= 11 is 0. The van der Waals surface area contributed by atoms with Gasteiger partial charge in [0.25, 0.3) is 5.91 Å². The zero-order chi connectivity index (χ0) is 29.5. The van der Waals surface area contributed by atoms with Crippen LogP contribution >= 0.6 is 0 Å². The Hall–Kier alpha value is -3.02. The third-order valence-electron chi connectivity index (χ3n) is 7.62. The molecule has 11 heteroatoms. The number of rotatable bonds is 17. The average molecular weight is 572 g/mol. The Kier molecular flexibility index (Phi) is 14.0. The van der Waals surface area contributed by atoms with Crippen molar-refractivity contribution < 1.29 is 19.1 Å². The first-order chi connectivity index (χ1) is 19.9. The first-order valence-corrected chi connectivity index (χ1v) is 15.1. The number of ether oxygens (including phenoxy) is 2. The minimum absolute atomic E-state index is 0.0135. The number of amides is 2. The standard InChI is InChI=1S/C30H49N7O4/c1-22(31-3)15-18-33-28(38)21-41-27-10-7-5-6-9-26-29(27)35-36-37(26)19-8-17-34-30(39)24-11-13-25(14-12-24)40-20-16-23(2)32-4/h11-14,22-23,27,31-32H,5-10,15-21H2,1-4H3,(H,33,38)(H,34,39). The zero-order valence-electron chi connectivity index (χ0n) is 25.2. The van der Waals surface area contributed by atoms with Crippen LogP contribution in [-0.2, 0) is 22.5 Å². The van der Waals surface area contributed by atoms with Crippen molar-refractivity contribution in [2.24, 2.45) is 0 Å². The summed E-state index contributed by atoms with van der Waals surface area (Å²) < 4.78 is 13.7. The third kappa shape index (κ3) is 11.1. The lowest BCUT2D eigenvalue weighted by Crippen LogP contribution is -2.33. The molecule has 4 N–H and O–H groups in total. The number of hydrogen-bond acceptors (Lipinski definition) is 8. The normalized spacial score (nSPS) is 16.6. The number of aryl methyl sites for hydroxylation is 1. The Morgan fingerprint density at radius 2 is 1.76 bits per heavy atom. The first kappa shape index (κ1) is 32.5. The molecular weight excluding hydrogens is 522 g/mol. The fraction of sp³-hybridized carbons (Fsp3) is 0.667. The summed E-state index contributed by atoms with van der Waals surface area (Å²) in [5, 5.41) is 21.1. The van der Waals surface area contributed by atoms with Crippen LogP contribution < -0.4 is 26.0 Å². The molecule has 1 aliphatic rings. The van der Waals surface area contributed by atoms with Gasteiger partial charge < -0.3 is 30.7 Å². The van der Waals surface area contributed by atoms with Gasteiger partial charge in [0.2, 0.25) is 5.91 Å². The maximum absolute atomic E-state index is 12.6. The van der Waals surface area contributed by atoms with Crippen molar-refractivity contribution in [1.29, 1.82) is 0 Å². The van der Waals surface area contributed by atoms with E-state index in [-0.39, 0.29) is 24.5 Å². The number of benzene rings is 1. The summed E-state index contributed by atoms with van der Waals surface area (Å²) in [6.45, 7) is 6.62. The molecule has 2 amide bonds. The third-order valence-corrected chi connectivity index (χ3v) is 7.62. The maximum atomic E-state index is 12.6. The summed E-state index contributed by atoms with van der Waals surface area (Å²) in [4.78, 5) is 24.9. The number of nitrogens with one attached hydrogen (secondary N) is 4. The van der Waals surface area contributed by atoms with Gasteiger partial charge in [-0.3, -0.25) is 9.59 Å². The molecule has 3 unspecified atom stereocenters. The fourth-order valence-electron chi connectivity index (χ4n) is 4.66. The fourth-order valence-corrected chi connectivity index (χ4v) is 4.66. The van der Waals surface area contributed by atoms with Crippen molar-refractivity contribution in [3.8, 4) is 5.75 Å². The van der Waals surface area contributed by atoms with Gasteiger partial charge in [-0.1, -0.05) is 18.1 Å². The molecule has 1 aliphatic carbocycles. The van der Waals surface area contributed by atoms with E-state index in [0.717, 1.165) is 68.5 Å². The monoisotopic (exact) mass is 571 g/mol. The molecule has 0 spiro atoms. The second-order valence-electron chi connectivity index (χ2n) is 10.8. The van der Waals surface area contributed by atoms with E-state index in [2.05, 4.69) is 45.4 Å². The number of carbonyl (C=O) groups is 2. The zero-order valence-corrected chi connectivity index (χ0v) is 25.2. The van der Waals surface area contributed by atoms with Crippen LogP contribution in [-0.4, -0.2) is 79.3 Å². The molecule has 11 nitrogen and oxygen atoms in total. The Morgan fingerprint density at radius 3 is 2.51 bits per heavy atom. The Bertz CT molecular complexity index is 1060. The molecule has 1 aromatic carbocycles. The van der Waals surface area contributed by atoms with Crippen molar-refractivity contribution in [3.05, 3.63) is 41.2 Å². The van der Waals surface area contributed by atoms with Crippen LogP contribution in [0, 0.1) is 0 Å². The molecule has 0 bridgehead atoms. The van der Waals surface area contributed by atoms with Gasteiger partial charge in [-0.15, -0.1) is 5.10 Å². The van der Waals surface area contributed by atoms with Crippen LogP contribution in [0.4, 0.5) is 0 Å². The van der Waals surface area contributed by atoms with Gasteiger partial charge in [0.1, 0.15) is 24.2 Å². The quantitative estimate of drug-likeness (QED) is 0.213. The van der Waals surface area contributed by atoms with Gasteiger partial charge in [-0.2, -0.15) is 0 Å². The molecule has 0 fully saturated rings. The topological polar surface area (TPSA) is 131 Å². The SMILES string of the molecule is CNC(C)CCNC(=O)COC1CCCCCc2c1nnn2CCCNC(=O)c1ccc(OCCC(C)NC)cc1. The molecule has 2 aromatic rings. The van der Waals surface area contributed by atoms with Crippen LogP contribution in [0.2, 0.25) is 0 Å². The molecule has 0 aliphatic heterocycles. The van der Waals surface area contributed by atoms with Gasteiger partial charge in [0.05, 0.1) is 12.3 Å². The molecule has 0 saturated heterocycles. The Balaban J connectivity index is 1.44. The van der Waals surface area contributed by atoms with Crippen LogP contribution in [0.3, 0.4) is 0 Å². The molecule has 228 valence electrons. The van der Waals surface area contributed by atoms with Gasteiger partial charge in [0, 0.05) is 37.3 Å². The van der Waals surface area contributed by atoms with E-state index in [1.165, 1.54) is 0 Å². The predicted molar refractivity (Wildman–Crippen MR) is 159 cm³/mol. The average Bonchev–Trinajstić information content (AvgIpc) is 3.36. The van der Waals surface area contributed by atoms with Gasteiger partial charge in [-0.25, -0.2) is 4.68 Å². The Labute approximate surface area is 244 Å². The van der Waals surface area contributed by atoms with Gasteiger partial charge >= 0.3 is 0 Å². The van der Waals surface area contributed by atoms with Crippen molar-refractivity contribution in [1.82, 2.24) is 36.3 Å². The van der Waals surface area contributed by atoms with Crippen LogP contribution in [0.25, 0.3) is 0 Å². The summed E-state index contributed by atoms with van der Waals surface area (Å²) in [6.07, 6.45) is 7.18. The molecule has 0 radical (unpaired) electrons. The number of fused-ring (bicyclic) bond motifs is 1. The van der Waals surface area contributed by atoms with Crippen molar-refractivity contribution in [2.45, 2.75) is 89.9 Å². The van der Waals surface area contributed by atoms with E-state index < -0.39 is 0 Å². The van der Waals surface area contributed by atoms with E-state index in [1.807, 2.05) is 30.9 Å². The molecule has 3 rings (SSSR count). The maximum Gasteiger partial charge on any atom is 0.251 e. The number of hydrogen-bond donors (Lipinski definition) is 4. The number of carbonyl (C=O) groups excluding carboxylic acids is 2. The van der Waals surface area contributed by atoms with E-state index in [1.54, 1.807) is 12.1 Å². The van der Waals surface area contributed by atoms with Gasteiger partial charge in [-0.05, 0) is 90.7 Å². The van der Waals surface area contributed by atoms with Crippen LogP contribution in [0.5, 0.6) is 5.75 Å². The van der Waals surface area contributed by atoms with Crippen molar-refractivity contribution >= 4 is 11.8 Å². The molecular formula is C30H49N7O4. The minimum atomic E-state index is -0.237.